The summed E-state index contributed by atoms with van der Waals surface area (Å²) in [4.78, 5) is 30.7. The van der Waals surface area contributed by atoms with Crippen molar-refractivity contribution in [3.63, 3.8) is 0 Å². The van der Waals surface area contributed by atoms with E-state index < -0.39 is 17.5 Å². The number of carbonyl (C=O) groups excluding carboxylic acids is 2. The van der Waals surface area contributed by atoms with E-state index in [0.29, 0.717) is 25.2 Å². The Balaban J connectivity index is 1.16. The number of nitrogens with one attached hydrogen (secondary N) is 1. The van der Waals surface area contributed by atoms with Crippen molar-refractivity contribution in [2.24, 2.45) is 0 Å². The van der Waals surface area contributed by atoms with Crippen LogP contribution in [0.15, 0.2) is 73.2 Å². The van der Waals surface area contributed by atoms with E-state index in [4.69, 9.17) is 0 Å². The molecule has 1 fully saturated rings. The van der Waals surface area contributed by atoms with E-state index in [1.807, 2.05) is 41.1 Å². The van der Waals surface area contributed by atoms with Gasteiger partial charge in [0.25, 0.3) is 11.8 Å². The Morgan fingerprint density at radius 1 is 0.939 bits per heavy atom. The maximum absolute atomic E-state index is 13.4. The Hall–Kier alpha value is -4.07. The van der Waals surface area contributed by atoms with E-state index in [9.17, 15) is 18.4 Å². The molecule has 0 spiro atoms. The van der Waals surface area contributed by atoms with Crippen molar-refractivity contribution in [3.05, 3.63) is 107 Å². The minimum atomic E-state index is -0.772. The first-order chi connectivity index (χ1) is 16.0. The molecule has 166 valence electrons. The summed E-state index contributed by atoms with van der Waals surface area (Å²) in [6.45, 7) is 1.31. The molecule has 0 radical (unpaired) electrons. The van der Waals surface area contributed by atoms with Crippen LogP contribution in [-0.4, -0.2) is 39.2 Å². The number of halogens is 2. The third kappa shape index (κ3) is 4.32. The molecular weight excluding hydrogens is 426 g/mol. The summed E-state index contributed by atoms with van der Waals surface area (Å²) in [5.74, 6) is -2.00. The van der Waals surface area contributed by atoms with Crippen LogP contribution in [0.3, 0.4) is 0 Å². The van der Waals surface area contributed by atoms with Gasteiger partial charge in [-0.05, 0) is 47.5 Å². The molecule has 3 heterocycles. The Morgan fingerprint density at radius 3 is 2.39 bits per heavy atom. The average Bonchev–Trinajstić information content (AvgIpc) is 3.24. The Labute approximate surface area is 188 Å². The third-order valence-corrected chi connectivity index (χ3v) is 5.84. The van der Waals surface area contributed by atoms with Crippen LogP contribution in [0.2, 0.25) is 0 Å². The molecule has 5 rings (SSSR count). The second-order valence-electron chi connectivity index (χ2n) is 8.10. The van der Waals surface area contributed by atoms with Gasteiger partial charge in [-0.15, -0.1) is 0 Å². The molecule has 1 saturated heterocycles. The van der Waals surface area contributed by atoms with Crippen molar-refractivity contribution in [1.29, 1.82) is 0 Å². The van der Waals surface area contributed by atoms with Crippen LogP contribution in [0.25, 0.3) is 5.65 Å². The number of hydrogen-bond donors (Lipinski definition) is 1. The summed E-state index contributed by atoms with van der Waals surface area (Å²) in [5.41, 5.74) is 3.33. The maximum Gasteiger partial charge on any atom is 0.254 e. The van der Waals surface area contributed by atoms with Crippen molar-refractivity contribution >= 4 is 17.5 Å². The fourth-order valence-electron chi connectivity index (χ4n) is 3.97. The lowest BCUT2D eigenvalue weighted by atomic mass is 9.90. The van der Waals surface area contributed by atoms with Crippen molar-refractivity contribution in [2.45, 2.75) is 12.5 Å². The number of amides is 2. The molecule has 0 saturated carbocycles. The number of carbonyl (C=O) groups is 2. The zero-order chi connectivity index (χ0) is 22.9. The second kappa shape index (κ2) is 8.46. The second-order valence-corrected chi connectivity index (χ2v) is 8.10. The Kier molecular flexibility index (Phi) is 5.34. The lowest BCUT2D eigenvalue weighted by Crippen LogP contribution is -2.48. The van der Waals surface area contributed by atoms with Gasteiger partial charge in [-0.25, -0.2) is 13.8 Å². The zero-order valence-corrected chi connectivity index (χ0v) is 17.5. The molecule has 1 aliphatic heterocycles. The third-order valence-electron chi connectivity index (χ3n) is 5.84. The minimum Gasteiger partial charge on any atom is -0.348 e. The summed E-state index contributed by atoms with van der Waals surface area (Å²) in [6.07, 6.45) is 5.48. The van der Waals surface area contributed by atoms with Gasteiger partial charge < -0.3 is 14.6 Å². The first-order valence-corrected chi connectivity index (χ1v) is 10.5. The molecular formula is C25H20F2N4O2. The average molecular weight is 446 g/mol. The largest absolute Gasteiger partial charge is 0.348 e. The Morgan fingerprint density at radius 2 is 1.67 bits per heavy atom. The SMILES string of the molecule is O=C(NCc1ccn2ccnc2c1)c1ccc(C2CN(C(=O)c3cc(F)cc(F)c3)C2)cc1. The summed E-state index contributed by atoms with van der Waals surface area (Å²) in [6, 6.07) is 13.9. The lowest BCUT2D eigenvalue weighted by Gasteiger charge is -2.39. The molecule has 1 N–H and O–H groups in total. The molecule has 2 aromatic carbocycles. The minimum absolute atomic E-state index is 0.00451. The fourth-order valence-corrected chi connectivity index (χ4v) is 3.97. The number of benzene rings is 2. The normalized spacial score (nSPS) is 13.7. The highest BCUT2D eigenvalue weighted by Crippen LogP contribution is 2.29. The molecule has 0 unspecified atom stereocenters. The number of rotatable bonds is 5. The molecule has 0 aliphatic carbocycles. The van der Waals surface area contributed by atoms with E-state index in [1.165, 1.54) is 0 Å². The van der Waals surface area contributed by atoms with Crippen LogP contribution in [0.5, 0.6) is 0 Å². The van der Waals surface area contributed by atoms with Crippen LogP contribution in [0.1, 0.15) is 37.8 Å². The van der Waals surface area contributed by atoms with Crippen molar-refractivity contribution in [3.8, 4) is 0 Å². The van der Waals surface area contributed by atoms with E-state index in [2.05, 4.69) is 10.3 Å². The van der Waals surface area contributed by atoms with Gasteiger partial charge in [0, 0.05) is 61.3 Å². The first kappa shape index (κ1) is 20.8. The van der Waals surface area contributed by atoms with E-state index >= 15 is 0 Å². The molecule has 4 aromatic rings. The summed E-state index contributed by atoms with van der Waals surface area (Å²) in [5, 5.41) is 2.91. The summed E-state index contributed by atoms with van der Waals surface area (Å²) < 4.78 is 28.6. The van der Waals surface area contributed by atoms with Gasteiger partial charge in [-0.1, -0.05) is 12.1 Å². The molecule has 0 bridgehead atoms. The van der Waals surface area contributed by atoms with Gasteiger partial charge >= 0.3 is 0 Å². The topological polar surface area (TPSA) is 66.7 Å². The molecule has 6 nitrogen and oxygen atoms in total. The predicted octanol–water partition coefficient (Wildman–Crippen LogP) is 3.78. The predicted molar refractivity (Wildman–Crippen MR) is 118 cm³/mol. The number of fused-ring (bicyclic) bond motifs is 1. The molecule has 2 amide bonds. The number of hydrogen-bond acceptors (Lipinski definition) is 3. The first-order valence-electron chi connectivity index (χ1n) is 10.5. The monoisotopic (exact) mass is 446 g/mol. The molecule has 1 aliphatic rings. The zero-order valence-electron chi connectivity index (χ0n) is 17.5. The quantitative estimate of drug-likeness (QED) is 0.507. The fraction of sp³-hybridized carbons (Fsp3) is 0.160. The van der Waals surface area contributed by atoms with Crippen LogP contribution in [0, 0.1) is 11.6 Å². The molecule has 0 atom stereocenters. The van der Waals surface area contributed by atoms with Crippen LogP contribution < -0.4 is 5.32 Å². The van der Waals surface area contributed by atoms with E-state index in [1.54, 1.807) is 23.2 Å². The molecule has 33 heavy (non-hydrogen) atoms. The highest BCUT2D eigenvalue weighted by Gasteiger charge is 2.32. The standard InChI is InChI=1S/C25H20F2N4O2/c26-21-10-19(11-22(27)12-21)25(33)31-14-20(15-31)17-1-3-18(4-2-17)24(32)29-13-16-5-7-30-8-6-28-23(30)9-16/h1-12,20H,13-15H2,(H,29,32). The number of pyridine rings is 1. The molecule has 2 aromatic heterocycles. The van der Waals surface area contributed by atoms with Gasteiger partial charge in [-0.3, -0.25) is 9.59 Å². The summed E-state index contributed by atoms with van der Waals surface area (Å²) >= 11 is 0. The van der Waals surface area contributed by atoms with E-state index in [0.717, 1.165) is 35.0 Å². The lowest BCUT2D eigenvalue weighted by molar-refractivity contribution is 0.0601. The van der Waals surface area contributed by atoms with Crippen LogP contribution in [-0.2, 0) is 6.54 Å². The number of likely N-dealkylation sites (tertiary alicyclic amines) is 1. The van der Waals surface area contributed by atoms with Crippen LogP contribution >= 0.6 is 0 Å². The van der Waals surface area contributed by atoms with Crippen molar-refractivity contribution in [1.82, 2.24) is 19.6 Å². The molecule has 8 heteroatoms. The van der Waals surface area contributed by atoms with Gasteiger partial charge in [0.2, 0.25) is 0 Å². The smallest absolute Gasteiger partial charge is 0.254 e. The number of nitrogens with zero attached hydrogens (tertiary/aromatic N) is 3. The van der Waals surface area contributed by atoms with Crippen molar-refractivity contribution in [2.75, 3.05) is 13.1 Å². The van der Waals surface area contributed by atoms with E-state index in [-0.39, 0.29) is 17.4 Å². The highest BCUT2D eigenvalue weighted by atomic mass is 19.1. The summed E-state index contributed by atoms with van der Waals surface area (Å²) in [7, 11) is 0. The van der Waals surface area contributed by atoms with Gasteiger partial charge in [0.15, 0.2) is 0 Å². The highest BCUT2D eigenvalue weighted by molar-refractivity contribution is 5.95. The van der Waals surface area contributed by atoms with Gasteiger partial charge in [0.05, 0.1) is 0 Å². The number of imidazole rings is 1. The van der Waals surface area contributed by atoms with Crippen LogP contribution in [0.4, 0.5) is 8.78 Å². The van der Waals surface area contributed by atoms with Gasteiger partial charge in [-0.2, -0.15) is 0 Å². The Bertz CT molecular complexity index is 1320. The maximum atomic E-state index is 13.4. The van der Waals surface area contributed by atoms with Crippen molar-refractivity contribution < 1.29 is 18.4 Å². The number of aromatic nitrogens is 2. The van der Waals surface area contributed by atoms with Gasteiger partial charge in [0.1, 0.15) is 17.3 Å².